The molecule has 2 saturated carbocycles. The molecule has 1 aromatic carbocycles. The summed E-state index contributed by atoms with van der Waals surface area (Å²) in [6, 6.07) is 6.05. The molecule has 4 unspecified atom stereocenters. The van der Waals surface area contributed by atoms with Crippen molar-refractivity contribution in [2.24, 2.45) is 23.7 Å². The molecule has 2 bridgehead atoms. The predicted octanol–water partition coefficient (Wildman–Crippen LogP) is 4.81. The number of esters is 1. The van der Waals surface area contributed by atoms with E-state index in [9.17, 15) is 19.5 Å². The van der Waals surface area contributed by atoms with Crippen molar-refractivity contribution in [1.82, 2.24) is 0 Å². The number of anilines is 1. The third-order valence-corrected chi connectivity index (χ3v) is 7.90. The van der Waals surface area contributed by atoms with E-state index in [0.717, 1.165) is 46.4 Å². The number of amides is 1. The van der Waals surface area contributed by atoms with Crippen LogP contribution in [0.25, 0.3) is 11.1 Å². The highest BCUT2D eigenvalue weighted by Crippen LogP contribution is 2.53. The molecule has 6 nitrogen and oxygen atoms in total. The van der Waals surface area contributed by atoms with Gasteiger partial charge in [0, 0.05) is 10.4 Å². The van der Waals surface area contributed by atoms with E-state index in [1.165, 1.54) is 18.4 Å². The SMILES string of the molecule is COC(=O)c1c(NC(=O)C2C3CCC(C3)C2C(=O)O)sc(C)c1-c1cc(C)ccc1C. The van der Waals surface area contributed by atoms with Gasteiger partial charge >= 0.3 is 11.9 Å². The molecular weight excluding hydrogens is 414 g/mol. The number of benzene rings is 1. The quantitative estimate of drug-likeness (QED) is 0.650. The molecule has 2 aliphatic rings. The second kappa shape index (κ2) is 8.11. The Bertz CT molecular complexity index is 1070. The number of methoxy groups -OCH3 is 1. The Kier molecular flexibility index (Phi) is 5.64. The molecule has 2 aliphatic carbocycles. The molecule has 2 fully saturated rings. The zero-order valence-electron chi connectivity index (χ0n) is 18.2. The van der Waals surface area contributed by atoms with Gasteiger partial charge in [0.1, 0.15) is 10.6 Å². The number of rotatable bonds is 5. The Balaban J connectivity index is 1.74. The third-order valence-electron chi connectivity index (χ3n) is 6.88. The number of hydrogen-bond acceptors (Lipinski definition) is 5. The summed E-state index contributed by atoms with van der Waals surface area (Å²) < 4.78 is 5.06. The van der Waals surface area contributed by atoms with Crippen LogP contribution in [0.15, 0.2) is 18.2 Å². The minimum atomic E-state index is -0.904. The third kappa shape index (κ3) is 3.65. The van der Waals surface area contributed by atoms with Crippen LogP contribution in [-0.2, 0) is 14.3 Å². The first-order valence-corrected chi connectivity index (χ1v) is 11.4. The van der Waals surface area contributed by atoms with Gasteiger partial charge in [-0.05, 0) is 63.0 Å². The van der Waals surface area contributed by atoms with E-state index >= 15 is 0 Å². The van der Waals surface area contributed by atoms with Crippen molar-refractivity contribution in [2.75, 3.05) is 12.4 Å². The Morgan fingerprint density at radius 2 is 1.77 bits per heavy atom. The number of hydrogen-bond donors (Lipinski definition) is 2. The maximum absolute atomic E-state index is 13.2. The van der Waals surface area contributed by atoms with Gasteiger partial charge < -0.3 is 15.2 Å². The fourth-order valence-corrected chi connectivity index (χ4v) is 6.54. The second-order valence-electron chi connectivity index (χ2n) is 8.76. The lowest BCUT2D eigenvalue weighted by Crippen LogP contribution is -2.37. The number of carboxylic acid groups (broad SMARTS) is 1. The first kappa shape index (κ1) is 21.6. The number of ether oxygens (including phenoxy) is 1. The molecule has 2 aromatic rings. The van der Waals surface area contributed by atoms with E-state index < -0.39 is 23.8 Å². The molecule has 164 valence electrons. The van der Waals surface area contributed by atoms with Gasteiger partial charge in [0.2, 0.25) is 5.91 Å². The smallest absolute Gasteiger partial charge is 0.341 e. The topological polar surface area (TPSA) is 92.7 Å². The summed E-state index contributed by atoms with van der Waals surface area (Å²) in [6.07, 6.45) is 2.54. The van der Waals surface area contributed by atoms with E-state index in [4.69, 9.17) is 4.74 Å². The van der Waals surface area contributed by atoms with Crippen LogP contribution >= 0.6 is 11.3 Å². The van der Waals surface area contributed by atoms with Crippen molar-refractivity contribution in [1.29, 1.82) is 0 Å². The van der Waals surface area contributed by atoms with E-state index in [1.54, 1.807) is 0 Å². The van der Waals surface area contributed by atoms with Gasteiger partial charge in [-0.15, -0.1) is 11.3 Å². The number of carbonyl (C=O) groups is 3. The first-order valence-electron chi connectivity index (χ1n) is 10.6. The fourth-order valence-electron chi connectivity index (χ4n) is 5.48. The normalized spacial score (nSPS) is 24.3. The van der Waals surface area contributed by atoms with Crippen LogP contribution < -0.4 is 5.32 Å². The van der Waals surface area contributed by atoms with Crippen molar-refractivity contribution in [2.45, 2.75) is 40.0 Å². The van der Waals surface area contributed by atoms with Crippen LogP contribution in [0.5, 0.6) is 0 Å². The molecule has 1 amide bonds. The summed E-state index contributed by atoms with van der Waals surface area (Å²) in [5, 5.41) is 13.0. The van der Waals surface area contributed by atoms with Crippen molar-refractivity contribution < 1.29 is 24.2 Å². The van der Waals surface area contributed by atoms with Crippen LogP contribution in [0.4, 0.5) is 5.00 Å². The zero-order valence-corrected chi connectivity index (χ0v) is 19.0. The highest BCUT2D eigenvalue weighted by Gasteiger charge is 2.54. The second-order valence-corrected chi connectivity index (χ2v) is 9.98. The monoisotopic (exact) mass is 441 g/mol. The highest BCUT2D eigenvalue weighted by molar-refractivity contribution is 7.17. The highest BCUT2D eigenvalue weighted by atomic mass is 32.1. The van der Waals surface area contributed by atoms with E-state index in [-0.39, 0.29) is 17.7 Å². The van der Waals surface area contributed by atoms with Crippen molar-refractivity contribution in [3.05, 3.63) is 39.8 Å². The largest absolute Gasteiger partial charge is 0.481 e. The number of aliphatic carboxylic acids is 1. The van der Waals surface area contributed by atoms with E-state index in [0.29, 0.717) is 10.6 Å². The standard InChI is InChI=1S/C24H27NO5S/c1-11-5-6-12(2)16(9-11)17-13(3)31-22(20(17)24(29)30-4)25-21(26)18-14-7-8-15(10-14)19(18)23(27)28/h5-6,9,14-15,18-19H,7-8,10H2,1-4H3,(H,25,26)(H,27,28). The van der Waals surface area contributed by atoms with Crippen molar-refractivity contribution in [3.63, 3.8) is 0 Å². The van der Waals surface area contributed by atoms with Gasteiger partial charge in [0.05, 0.1) is 18.9 Å². The molecule has 0 saturated heterocycles. The Hall–Kier alpha value is -2.67. The summed E-state index contributed by atoms with van der Waals surface area (Å²) in [5.41, 5.74) is 4.11. The van der Waals surface area contributed by atoms with Crippen LogP contribution in [0.2, 0.25) is 0 Å². The van der Waals surface area contributed by atoms with E-state index in [2.05, 4.69) is 5.32 Å². The van der Waals surface area contributed by atoms with Crippen LogP contribution in [0.3, 0.4) is 0 Å². The fraction of sp³-hybridized carbons (Fsp3) is 0.458. The summed E-state index contributed by atoms with van der Waals surface area (Å²) in [6.45, 7) is 5.89. The number of carbonyl (C=O) groups excluding carboxylic acids is 2. The minimum Gasteiger partial charge on any atom is -0.481 e. The maximum Gasteiger partial charge on any atom is 0.341 e. The van der Waals surface area contributed by atoms with E-state index in [1.807, 2.05) is 39.0 Å². The molecule has 4 rings (SSSR count). The van der Waals surface area contributed by atoms with Crippen LogP contribution in [-0.4, -0.2) is 30.1 Å². The predicted molar refractivity (Wildman–Crippen MR) is 119 cm³/mol. The average Bonchev–Trinajstić information content (AvgIpc) is 3.42. The van der Waals surface area contributed by atoms with Crippen molar-refractivity contribution in [3.8, 4) is 11.1 Å². The van der Waals surface area contributed by atoms with Gasteiger partial charge in [-0.1, -0.05) is 23.8 Å². The van der Waals surface area contributed by atoms with Crippen molar-refractivity contribution >= 4 is 34.2 Å². The lowest BCUT2D eigenvalue weighted by atomic mass is 9.78. The summed E-state index contributed by atoms with van der Waals surface area (Å²) >= 11 is 1.33. The first-order chi connectivity index (χ1) is 14.7. The number of nitrogens with one attached hydrogen (secondary N) is 1. The number of fused-ring (bicyclic) bond motifs is 2. The molecule has 7 heteroatoms. The minimum absolute atomic E-state index is 0.0638. The molecule has 0 spiro atoms. The number of thiophene rings is 1. The van der Waals surface area contributed by atoms with Gasteiger partial charge in [0.15, 0.2) is 0 Å². The summed E-state index contributed by atoms with van der Waals surface area (Å²) in [4.78, 5) is 38.8. The molecule has 1 heterocycles. The molecule has 1 aromatic heterocycles. The summed E-state index contributed by atoms with van der Waals surface area (Å²) in [5.74, 6) is -2.79. The lowest BCUT2D eigenvalue weighted by molar-refractivity contribution is -0.148. The van der Waals surface area contributed by atoms with Gasteiger partial charge in [0.25, 0.3) is 0 Å². The lowest BCUT2D eigenvalue weighted by Gasteiger charge is -2.26. The van der Waals surface area contributed by atoms with Crippen LogP contribution in [0, 0.1) is 44.4 Å². The molecule has 0 aliphatic heterocycles. The van der Waals surface area contributed by atoms with Crippen LogP contribution in [0.1, 0.15) is 45.6 Å². The Labute approximate surface area is 185 Å². The molecular formula is C24H27NO5S. The molecule has 0 radical (unpaired) electrons. The summed E-state index contributed by atoms with van der Waals surface area (Å²) in [7, 11) is 1.32. The molecule has 2 N–H and O–H groups in total. The zero-order chi connectivity index (χ0) is 22.4. The number of aryl methyl sites for hydroxylation is 3. The van der Waals surface area contributed by atoms with Gasteiger partial charge in [-0.2, -0.15) is 0 Å². The Morgan fingerprint density at radius 3 is 2.42 bits per heavy atom. The average molecular weight is 442 g/mol. The number of carboxylic acids is 1. The maximum atomic E-state index is 13.2. The Morgan fingerprint density at radius 1 is 1.10 bits per heavy atom. The molecule has 31 heavy (non-hydrogen) atoms. The molecule has 4 atom stereocenters. The van der Waals surface area contributed by atoms with Gasteiger partial charge in [-0.3, -0.25) is 9.59 Å². The van der Waals surface area contributed by atoms with Gasteiger partial charge in [-0.25, -0.2) is 4.79 Å².